The van der Waals surface area contributed by atoms with Crippen molar-refractivity contribution in [2.24, 2.45) is 0 Å². The van der Waals surface area contributed by atoms with E-state index in [2.05, 4.69) is 10.3 Å². The van der Waals surface area contributed by atoms with Gasteiger partial charge in [-0.1, -0.05) is 5.21 Å². The van der Waals surface area contributed by atoms with Gasteiger partial charge in [0, 0.05) is 18.9 Å². The lowest BCUT2D eigenvalue weighted by Gasteiger charge is -2.01. The highest BCUT2D eigenvalue weighted by Crippen LogP contribution is 2.09. The van der Waals surface area contributed by atoms with Crippen LogP contribution in [0.15, 0.2) is 24.4 Å². The fraction of sp³-hybridized carbons (Fsp3) is 0.333. The maximum atomic E-state index is 13.0. The Morgan fingerprint density at radius 2 is 1.89 bits per heavy atom. The Hall–Kier alpha value is -1.82. The van der Waals surface area contributed by atoms with Crippen LogP contribution in [0.4, 0.5) is 8.78 Å². The molecule has 96 valence electrons. The first kappa shape index (κ1) is 12.6. The highest BCUT2D eigenvalue weighted by Gasteiger charge is 2.04. The van der Waals surface area contributed by atoms with Gasteiger partial charge in [-0.25, -0.2) is 13.5 Å². The third-order valence-electron chi connectivity index (χ3n) is 2.44. The molecular formula is C12H13F2N3O. The van der Waals surface area contributed by atoms with E-state index in [1.165, 1.54) is 16.8 Å². The van der Waals surface area contributed by atoms with Crippen LogP contribution in [0.1, 0.15) is 17.7 Å². The second kappa shape index (κ2) is 5.68. The standard InChI is InChI=1S/C12H13F2N3O/c13-10-4-9(5-11(14)6-10)7-17-8-12(15-16-17)2-1-3-18/h4-6,8,18H,1-3,7H2. The normalized spacial score (nSPS) is 10.8. The van der Waals surface area contributed by atoms with Crippen molar-refractivity contribution in [1.29, 1.82) is 0 Å². The maximum absolute atomic E-state index is 13.0. The van der Waals surface area contributed by atoms with Gasteiger partial charge in [0.05, 0.1) is 12.2 Å². The lowest BCUT2D eigenvalue weighted by molar-refractivity contribution is 0.288. The molecule has 18 heavy (non-hydrogen) atoms. The van der Waals surface area contributed by atoms with Gasteiger partial charge >= 0.3 is 0 Å². The number of benzene rings is 1. The number of rotatable bonds is 5. The van der Waals surface area contributed by atoms with Gasteiger partial charge in [-0.05, 0) is 30.5 Å². The van der Waals surface area contributed by atoms with Gasteiger partial charge in [0.2, 0.25) is 0 Å². The summed E-state index contributed by atoms with van der Waals surface area (Å²) in [6.07, 6.45) is 2.96. The number of aliphatic hydroxyl groups excluding tert-OH is 1. The zero-order chi connectivity index (χ0) is 13.0. The summed E-state index contributed by atoms with van der Waals surface area (Å²) < 4.78 is 27.5. The summed E-state index contributed by atoms with van der Waals surface area (Å²) in [6, 6.07) is 3.35. The molecule has 0 aliphatic carbocycles. The van der Waals surface area contributed by atoms with Crippen molar-refractivity contribution in [2.45, 2.75) is 19.4 Å². The van der Waals surface area contributed by atoms with E-state index >= 15 is 0 Å². The minimum atomic E-state index is -0.606. The number of hydrogen-bond donors (Lipinski definition) is 1. The Morgan fingerprint density at radius 1 is 1.17 bits per heavy atom. The van der Waals surface area contributed by atoms with Crippen molar-refractivity contribution < 1.29 is 13.9 Å². The fourth-order valence-electron chi connectivity index (χ4n) is 1.68. The summed E-state index contributed by atoms with van der Waals surface area (Å²) in [5, 5.41) is 16.5. The summed E-state index contributed by atoms with van der Waals surface area (Å²) in [5.41, 5.74) is 1.24. The Morgan fingerprint density at radius 3 is 2.56 bits per heavy atom. The first-order chi connectivity index (χ1) is 8.67. The molecule has 0 fully saturated rings. The van der Waals surface area contributed by atoms with Gasteiger partial charge in [-0.3, -0.25) is 0 Å². The number of nitrogens with zero attached hydrogens (tertiary/aromatic N) is 3. The first-order valence-corrected chi connectivity index (χ1v) is 5.62. The number of hydrogen-bond acceptors (Lipinski definition) is 3. The molecule has 2 rings (SSSR count). The molecule has 2 aromatic rings. The molecule has 0 spiro atoms. The Kier molecular flexibility index (Phi) is 3.99. The van der Waals surface area contributed by atoms with E-state index in [1.54, 1.807) is 6.20 Å². The van der Waals surface area contributed by atoms with Crippen molar-refractivity contribution in [2.75, 3.05) is 6.61 Å². The molecule has 1 heterocycles. The number of aromatic nitrogens is 3. The van der Waals surface area contributed by atoms with Gasteiger partial charge in [-0.2, -0.15) is 0 Å². The monoisotopic (exact) mass is 253 g/mol. The number of aryl methyl sites for hydroxylation is 1. The minimum Gasteiger partial charge on any atom is -0.396 e. The van der Waals surface area contributed by atoms with E-state index in [0.29, 0.717) is 18.4 Å². The number of aliphatic hydroxyl groups is 1. The van der Waals surface area contributed by atoms with Gasteiger partial charge < -0.3 is 5.11 Å². The van der Waals surface area contributed by atoms with Crippen LogP contribution in [0, 0.1) is 11.6 Å². The lowest BCUT2D eigenvalue weighted by Crippen LogP contribution is -2.01. The maximum Gasteiger partial charge on any atom is 0.126 e. The Bertz CT molecular complexity index is 508. The second-order valence-corrected chi connectivity index (χ2v) is 4.01. The molecule has 1 aromatic carbocycles. The van der Waals surface area contributed by atoms with E-state index in [1.807, 2.05) is 0 Å². The average molecular weight is 253 g/mol. The third-order valence-corrected chi connectivity index (χ3v) is 2.44. The molecule has 6 heteroatoms. The largest absolute Gasteiger partial charge is 0.396 e. The molecule has 0 saturated heterocycles. The van der Waals surface area contributed by atoms with Crippen molar-refractivity contribution in [3.05, 3.63) is 47.3 Å². The molecule has 0 amide bonds. The van der Waals surface area contributed by atoms with E-state index in [9.17, 15) is 8.78 Å². The van der Waals surface area contributed by atoms with Crippen LogP contribution in [-0.4, -0.2) is 26.7 Å². The molecule has 0 aliphatic heterocycles. The van der Waals surface area contributed by atoms with Crippen molar-refractivity contribution >= 4 is 0 Å². The molecular weight excluding hydrogens is 240 g/mol. The van der Waals surface area contributed by atoms with Gasteiger partial charge in [0.15, 0.2) is 0 Å². The van der Waals surface area contributed by atoms with Crippen LogP contribution >= 0.6 is 0 Å². The van der Waals surface area contributed by atoms with Crippen molar-refractivity contribution in [3.8, 4) is 0 Å². The minimum absolute atomic E-state index is 0.0992. The predicted octanol–water partition coefficient (Wildman–Crippen LogP) is 1.53. The summed E-state index contributed by atoms with van der Waals surface area (Å²) in [7, 11) is 0. The van der Waals surface area contributed by atoms with E-state index in [0.717, 1.165) is 11.8 Å². The van der Waals surface area contributed by atoms with E-state index in [4.69, 9.17) is 5.11 Å². The topological polar surface area (TPSA) is 50.9 Å². The Labute approximate surface area is 103 Å². The van der Waals surface area contributed by atoms with E-state index in [-0.39, 0.29) is 13.2 Å². The highest BCUT2D eigenvalue weighted by atomic mass is 19.1. The lowest BCUT2D eigenvalue weighted by atomic mass is 10.2. The molecule has 4 nitrogen and oxygen atoms in total. The van der Waals surface area contributed by atoms with Crippen LogP contribution in [0.5, 0.6) is 0 Å². The SMILES string of the molecule is OCCCc1cn(Cc2cc(F)cc(F)c2)nn1. The molecule has 1 N–H and O–H groups in total. The second-order valence-electron chi connectivity index (χ2n) is 4.01. The van der Waals surface area contributed by atoms with Crippen LogP contribution in [0.25, 0.3) is 0 Å². The first-order valence-electron chi connectivity index (χ1n) is 5.62. The van der Waals surface area contributed by atoms with Gasteiger partial charge in [0.1, 0.15) is 11.6 Å². The quantitative estimate of drug-likeness (QED) is 0.879. The van der Waals surface area contributed by atoms with Gasteiger partial charge in [-0.15, -0.1) is 5.10 Å². The average Bonchev–Trinajstić information content (AvgIpc) is 2.72. The van der Waals surface area contributed by atoms with Crippen molar-refractivity contribution in [1.82, 2.24) is 15.0 Å². The molecule has 0 atom stereocenters. The van der Waals surface area contributed by atoms with Crippen LogP contribution in [0.2, 0.25) is 0 Å². The smallest absolute Gasteiger partial charge is 0.126 e. The predicted molar refractivity (Wildman–Crippen MR) is 60.9 cm³/mol. The summed E-state index contributed by atoms with van der Waals surface area (Å²) >= 11 is 0. The van der Waals surface area contributed by atoms with Crippen molar-refractivity contribution in [3.63, 3.8) is 0 Å². The highest BCUT2D eigenvalue weighted by molar-refractivity contribution is 5.18. The third kappa shape index (κ3) is 3.33. The molecule has 0 aliphatic rings. The zero-order valence-electron chi connectivity index (χ0n) is 9.68. The van der Waals surface area contributed by atoms with Crippen LogP contribution < -0.4 is 0 Å². The molecule has 1 aromatic heterocycles. The molecule has 0 bridgehead atoms. The molecule has 0 radical (unpaired) electrons. The zero-order valence-corrected chi connectivity index (χ0v) is 9.68. The molecule has 0 unspecified atom stereocenters. The summed E-state index contributed by atoms with van der Waals surface area (Å²) in [5.74, 6) is -1.21. The van der Waals surface area contributed by atoms with E-state index < -0.39 is 11.6 Å². The summed E-state index contributed by atoms with van der Waals surface area (Å²) in [6.45, 7) is 0.364. The van der Waals surface area contributed by atoms with Gasteiger partial charge in [0.25, 0.3) is 0 Å². The fourth-order valence-corrected chi connectivity index (χ4v) is 1.68. The molecule has 0 saturated carbocycles. The number of halogens is 2. The summed E-state index contributed by atoms with van der Waals surface area (Å²) in [4.78, 5) is 0. The van der Waals surface area contributed by atoms with Crippen LogP contribution in [0.3, 0.4) is 0 Å². The van der Waals surface area contributed by atoms with Crippen LogP contribution in [-0.2, 0) is 13.0 Å². The Balaban J connectivity index is 2.06.